The minimum atomic E-state index is -4.84. The third-order valence-electron chi connectivity index (χ3n) is 4.11. The van der Waals surface area contributed by atoms with Crippen LogP contribution in [0.1, 0.15) is 41.4 Å². The topological polar surface area (TPSA) is 90.6 Å². The molecule has 160 valence electrons. The number of benzene rings is 2. The molecule has 2 aromatic carbocycles. The van der Waals surface area contributed by atoms with Crippen molar-refractivity contribution in [2.45, 2.75) is 33.2 Å². The van der Waals surface area contributed by atoms with Crippen molar-refractivity contribution in [3.8, 4) is 5.75 Å². The Hall–Kier alpha value is -3.49. The number of ketones is 1. The molecule has 0 bridgehead atoms. The first-order valence-electron chi connectivity index (χ1n) is 8.88. The molecule has 0 radical (unpaired) electrons. The van der Waals surface area contributed by atoms with Crippen LogP contribution in [0.3, 0.4) is 0 Å². The number of Topliss-reactive ketones (excluding diaryl/α,β-unsaturated/α-hetero) is 1. The minimum absolute atomic E-state index is 0.0103. The molecular formula is C21H21F3N2O4. The Labute approximate surface area is 171 Å². The van der Waals surface area contributed by atoms with Crippen molar-refractivity contribution in [2.24, 2.45) is 5.73 Å². The van der Waals surface area contributed by atoms with Crippen LogP contribution in [0.5, 0.6) is 5.75 Å². The predicted octanol–water partition coefficient (Wildman–Crippen LogP) is 4.75. The van der Waals surface area contributed by atoms with Gasteiger partial charge in [-0.05, 0) is 56.2 Å². The van der Waals surface area contributed by atoms with Crippen LogP contribution in [0.4, 0.5) is 18.0 Å². The number of nitrogens with two attached hydrogens (primary N) is 1. The zero-order valence-electron chi connectivity index (χ0n) is 16.5. The lowest BCUT2D eigenvalue weighted by molar-refractivity contribution is -0.274. The van der Waals surface area contributed by atoms with Crippen molar-refractivity contribution in [1.82, 2.24) is 5.32 Å². The highest BCUT2D eigenvalue weighted by molar-refractivity contribution is 6.10. The maximum absolute atomic E-state index is 12.7. The monoisotopic (exact) mass is 422 g/mol. The van der Waals surface area contributed by atoms with Crippen LogP contribution in [-0.4, -0.2) is 18.2 Å². The summed E-state index contributed by atoms with van der Waals surface area (Å²) in [6, 6.07) is 11.6. The van der Waals surface area contributed by atoms with Gasteiger partial charge in [-0.3, -0.25) is 10.1 Å². The second kappa shape index (κ2) is 9.34. The second-order valence-corrected chi connectivity index (χ2v) is 6.49. The highest BCUT2D eigenvalue weighted by atomic mass is 19.4. The Bertz CT molecular complexity index is 949. The number of alkyl halides is 3. The van der Waals surface area contributed by atoms with Crippen LogP contribution < -0.4 is 15.8 Å². The molecule has 0 aliphatic heterocycles. The maximum atomic E-state index is 12.7. The molecule has 0 unspecified atom stereocenters. The summed E-state index contributed by atoms with van der Waals surface area (Å²) in [5, 5.41) is 2.32. The highest BCUT2D eigenvalue weighted by Crippen LogP contribution is 2.24. The van der Waals surface area contributed by atoms with Crippen LogP contribution in [-0.2, 0) is 4.74 Å². The number of halogens is 3. The lowest BCUT2D eigenvalue weighted by Gasteiger charge is -2.17. The van der Waals surface area contributed by atoms with Gasteiger partial charge in [-0.25, -0.2) is 4.79 Å². The molecule has 1 atom stereocenters. The quantitative estimate of drug-likeness (QED) is 0.518. The molecule has 0 heterocycles. The van der Waals surface area contributed by atoms with Crippen LogP contribution in [0.2, 0.25) is 0 Å². The lowest BCUT2D eigenvalue weighted by Crippen LogP contribution is -2.31. The Balaban J connectivity index is 2.10. The molecule has 0 aliphatic carbocycles. The van der Waals surface area contributed by atoms with E-state index in [1.54, 1.807) is 6.92 Å². The van der Waals surface area contributed by atoms with E-state index in [0.717, 1.165) is 35.4 Å². The second-order valence-electron chi connectivity index (χ2n) is 6.49. The van der Waals surface area contributed by atoms with Crippen molar-refractivity contribution in [2.75, 3.05) is 0 Å². The molecule has 9 heteroatoms. The lowest BCUT2D eigenvalue weighted by atomic mass is 10.0. The van der Waals surface area contributed by atoms with Gasteiger partial charge in [0.1, 0.15) is 17.6 Å². The summed E-state index contributed by atoms with van der Waals surface area (Å²) in [4.78, 5) is 24.9. The van der Waals surface area contributed by atoms with E-state index in [1.165, 1.54) is 6.92 Å². The first-order valence-corrected chi connectivity index (χ1v) is 8.88. The van der Waals surface area contributed by atoms with E-state index in [1.807, 2.05) is 31.2 Å². The Morgan fingerprint density at radius 2 is 1.67 bits per heavy atom. The third-order valence-corrected chi connectivity index (χ3v) is 4.11. The molecular weight excluding hydrogens is 401 g/mol. The first kappa shape index (κ1) is 22.8. The molecule has 30 heavy (non-hydrogen) atoms. The average molecular weight is 422 g/mol. The van der Waals surface area contributed by atoms with Gasteiger partial charge in [0.2, 0.25) is 5.78 Å². The van der Waals surface area contributed by atoms with Crippen LogP contribution in [0, 0.1) is 6.92 Å². The van der Waals surface area contributed by atoms with Crippen LogP contribution >= 0.6 is 0 Å². The fourth-order valence-corrected chi connectivity index (χ4v) is 2.69. The fourth-order valence-electron chi connectivity index (χ4n) is 2.69. The van der Waals surface area contributed by atoms with E-state index in [4.69, 9.17) is 10.5 Å². The SMILES string of the molecule is CC(N)=C(NC(=O)O[C@H](C)c1ccccc1C)C(=O)c1ccc(OC(F)(F)F)cc1. The van der Waals surface area contributed by atoms with Gasteiger partial charge in [0.15, 0.2) is 0 Å². The number of allylic oxidation sites excluding steroid dienone is 2. The summed E-state index contributed by atoms with van der Waals surface area (Å²) in [5.41, 5.74) is 7.24. The molecule has 3 N–H and O–H groups in total. The molecule has 2 aromatic rings. The number of carbonyl (C=O) groups excluding carboxylic acids is 2. The van der Waals surface area contributed by atoms with Crippen molar-refractivity contribution in [3.63, 3.8) is 0 Å². The number of rotatable bonds is 6. The summed E-state index contributed by atoms with van der Waals surface area (Å²) < 4.78 is 45.9. The summed E-state index contributed by atoms with van der Waals surface area (Å²) >= 11 is 0. The smallest absolute Gasteiger partial charge is 0.441 e. The standard InChI is InChI=1S/C21H21F3N2O4/c1-12-6-4-5-7-17(12)14(3)29-20(28)26-18(13(2)25)19(27)15-8-10-16(11-9-15)30-21(22,23)24/h4-11,14H,25H2,1-3H3,(H,26,28)/t14-/m1/s1. The number of carbonyl (C=O) groups is 2. The van der Waals surface area contributed by atoms with Gasteiger partial charge in [-0.2, -0.15) is 0 Å². The average Bonchev–Trinajstić information content (AvgIpc) is 2.65. The summed E-state index contributed by atoms with van der Waals surface area (Å²) in [6.07, 6.45) is -6.32. The molecule has 2 rings (SSSR count). The Kier molecular flexibility index (Phi) is 7.10. The van der Waals surface area contributed by atoms with E-state index >= 15 is 0 Å². The summed E-state index contributed by atoms with van der Waals surface area (Å²) in [6.45, 7) is 4.96. The van der Waals surface area contributed by atoms with E-state index < -0.39 is 30.1 Å². The van der Waals surface area contributed by atoms with Gasteiger partial charge in [-0.15, -0.1) is 13.2 Å². The first-order chi connectivity index (χ1) is 14.0. The number of amides is 1. The summed E-state index contributed by atoms with van der Waals surface area (Å²) in [5.74, 6) is -1.16. The van der Waals surface area contributed by atoms with Gasteiger partial charge in [-0.1, -0.05) is 24.3 Å². The molecule has 1 amide bonds. The molecule has 0 fully saturated rings. The Morgan fingerprint density at radius 3 is 2.20 bits per heavy atom. The number of hydrogen-bond acceptors (Lipinski definition) is 5. The molecule has 0 aromatic heterocycles. The predicted molar refractivity (Wildman–Crippen MR) is 104 cm³/mol. The zero-order valence-corrected chi connectivity index (χ0v) is 16.5. The molecule has 0 aliphatic rings. The third kappa shape index (κ3) is 6.26. The highest BCUT2D eigenvalue weighted by Gasteiger charge is 2.31. The van der Waals surface area contributed by atoms with Gasteiger partial charge in [0.25, 0.3) is 0 Å². The van der Waals surface area contributed by atoms with Crippen molar-refractivity contribution >= 4 is 11.9 Å². The number of ether oxygens (including phenoxy) is 2. The molecule has 0 spiro atoms. The molecule has 0 saturated heterocycles. The largest absolute Gasteiger partial charge is 0.573 e. The molecule has 6 nitrogen and oxygen atoms in total. The van der Waals surface area contributed by atoms with E-state index in [2.05, 4.69) is 10.1 Å². The van der Waals surface area contributed by atoms with Gasteiger partial charge < -0.3 is 15.2 Å². The minimum Gasteiger partial charge on any atom is -0.441 e. The fraction of sp³-hybridized carbons (Fsp3) is 0.238. The van der Waals surface area contributed by atoms with Crippen LogP contribution in [0.15, 0.2) is 59.9 Å². The van der Waals surface area contributed by atoms with Gasteiger partial charge in [0, 0.05) is 11.3 Å². The number of nitrogens with one attached hydrogen (secondary N) is 1. The van der Waals surface area contributed by atoms with Gasteiger partial charge >= 0.3 is 12.5 Å². The maximum Gasteiger partial charge on any atom is 0.573 e. The number of hydrogen-bond donors (Lipinski definition) is 2. The van der Waals surface area contributed by atoms with Gasteiger partial charge in [0.05, 0.1) is 0 Å². The van der Waals surface area contributed by atoms with E-state index in [-0.39, 0.29) is 17.0 Å². The van der Waals surface area contributed by atoms with E-state index in [0.29, 0.717) is 0 Å². The number of alkyl carbamates (subject to hydrolysis) is 1. The van der Waals surface area contributed by atoms with Crippen molar-refractivity contribution < 1.29 is 32.2 Å². The van der Waals surface area contributed by atoms with Crippen molar-refractivity contribution in [3.05, 3.63) is 76.6 Å². The number of aryl methyl sites for hydroxylation is 1. The zero-order chi connectivity index (χ0) is 22.5. The van der Waals surface area contributed by atoms with Crippen LogP contribution in [0.25, 0.3) is 0 Å². The normalized spacial score (nSPS) is 13.1. The Morgan fingerprint density at radius 1 is 1.07 bits per heavy atom. The summed E-state index contributed by atoms with van der Waals surface area (Å²) in [7, 11) is 0. The van der Waals surface area contributed by atoms with Crippen molar-refractivity contribution in [1.29, 1.82) is 0 Å². The molecule has 0 saturated carbocycles. The van der Waals surface area contributed by atoms with E-state index in [9.17, 15) is 22.8 Å².